The fraction of sp³-hybridized carbons (Fsp3) is 0.188. The van der Waals surface area contributed by atoms with Crippen LogP contribution in [-0.4, -0.2) is 41.3 Å². The Hall–Kier alpha value is -5.21. The number of rotatable bonds is 10. The number of fused-ring (bicyclic) bond motifs is 1. The van der Waals surface area contributed by atoms with Crippen molar-refractivity contribution in [1.29, 1.82) is 5.26 Å². The number of halogens is 3. The standard InChI is InChI=1S/C32H25F3N4O4/c1-41-12-11-39-28-15-22(32(40)42-2)7-9-27(28)37-29(39)16-20-5-6-21(14-26(20)35)31-24(33)8-10-30(38-31)43-18-23-4-3-19(17-36)13-25(23)34/h3-10,13-15H,11-12,16,18H2,1-2H3. The molecule has 0 aliphatic rings. The normalized spacial score (nSPS) is 11.0. The highest BCUT2D eigenvalue weighted by Crippen LogP contribution is 2.28. The van der Waals surface area contributed by atoms with E-state index in [0.717, 1.165) is 12.1 Å². The van der Waals surface area contributed by atoms with Gasteiger partial charge in [-0.05, 0) is 48.0 Å². The van der Waals surface area contributed by atoms with E-state index in [9.17, 15) is 13.6 Å². The summed E-state index contributed by atoms with van der Waals surface area (Å²) in [6, 6.07) is 17.5. The number of nitriles is 1. The Kier molecular flexibility index (Phi) is 8.69. The molecule has 218 valence electrons. The van der Waals surface area contributed by atoms with Gasteiger partial charge in [0.2, 0.25) is 5.88 Å². The van der Waals surface area contributed by atoms with Gasteiger partial charge in [0, 0.05) is 37.3 Å². The summed E-state index contributed by atoms with van der Waals surface area (Å²) in [5.74, 6) is -1.81. The summed E-state index contributed by atoms with van der Waals surface area (Å²) in [5, 5.41) is 8.90. The minimum absolute atomic E-state index is 0.0165. The second kappa shape index (κ2) is 12.8. The maximum atomic E-state index is 15.4. The number of pyridine rings is 1. The van der Waals surface area contributed by atoms with Crippen LogP contribution in [0.5, 0.6) is 5.88 Å². The zero-order chi connectivity index (χ0) is 30.5. The first-order valence-corrected chi connectivity index (χ1v) is 13.1. The van der Waals surface area contributed by atoms with Gasteiger partial charge >= 0.3 is 5.97 Å². The predicted octanol–water partition coefficient (Wildman–Crippen LogP) is 5.99. The molecule has 0 bridgehead atoms. The molecule has 2 aromatic heterocycles. The molecule has 5 aromatic rings. The lowest BCUT2D eigenvalue weighted by Gasteiger charge is -2.11. The van der Waals surface area contributed by atoms with Gasteiger partial charge in [-0.15, -0.1) is 0 Å². The number of carbonyl (C=O) groups is 1. The molecule has 0 saturated heterocycles. The number of esters is 1. The van der Waals surface area contributed by atoms with Crippen LogP contribution in [0.15, 0.2) is 66.7 Å². The van der Waals surface area contributed by atoms with E-state index in [1.807, 2.05) is 10.6 Å². The maximum absolute atomic E-state index is 15.4. The molecule has 0 aliphatic carbocycles. The van der Waals surface area contributed by atoms with E-state index < -0.39 is 23.4 Å². The monoisotopic (exact) mass is 586 g/mol. The first-order chi connectivity index (χ1) is 20.8. The molecule has 0 saturated carbocycles. The number of carbonyl (C=O) groups excluding carboxylic acids is 1. The van der Waals surface area contributed by atoms with Gasteiger partial charge in [-0.25, -0.2) is 27.9 Å². The van der Waals surface area contributed by atoms with Crippen LogP contribution >= 0.6 is 0 Å². The van der Waals surface area contributed by atoms with Crippen LogP contribution in [-0.2, 0) is 29.0 Å². The molecule has 0 amide bonds. The first-order valence-electron chi connectivity index (χ1n) is 13.1. The van der Waals surface area contributed by atoms with Crippen molar-refractivity contribution in [2.24, 2.45) is 0 Å². The Morgan fingerprint density at radius 1 is 0.907 bits per heavy atom. The summed E-state index contributed by atoms with van der Waals surface area (Å²) < 4.78 is 61.9. The van der Waals surface area contributed by atoms with Gasteiger partial charge in [0.15, 0.2) is 0 Å². The van der Waals surface area contributed by atoms with Crippen molar-refractivity contribution in [3.05, 3.63) is 112 Å². The van der Waals surface area contributed by atoms with E-state index in [4.69, 9.17) is 19.5 Å². The van der Waals surface area contributed by atoms with Crippen molar-refractivity contribution in [3.63, 3.8) is 0 Å². The summed E-state index contributed by atoms with van der Waals surface area (Å²) >= 11 is 0. The summed E-state index contributed by atoms with van der Waals surface area (Å²) in [4.78, 5) is 20.9. The van der Waals surface area contributed by atoms with Crippen LogP contribution < -0.4 is 4.74 Å². The number of methoxy groups -OCH3 is 2. The zero-order valence-electron chi connectivity index (χ0n) is 23.2. The SMILES string of the molecule is COCCn1c(Cc2ccc(-c3nc(OCc4ccc(C#N)cc4F)ccc3F)cc2F)nc2ccc(C(=O)OC)cc21. The number of imidazole rings is 1. The van der Waals surface area contributed by atoms with E-state index in [0.29, 0.717) is 41.1 Å². The molecule has 11 heteroatoms. The minimum atomic E-state index is -0.688. The second-order valence-electron chi connectivity index (χ2n) is 9.54. The number of nitrogens with zero attached hydrogens (tertiary/aromatic N) is 4. The fourth-order valence-electron chi connectivity index (χ4n) is 4.59. The van der Waals surface area contributed by atoms with Crippen LogP contribution in [0.3, 0.4) is 0 Å². The number of ether oxygens (including phenoxy) is 3. The Morgan fingerprint density at radius 2 is 1.70 bits per heavy atom. The number of aromatic nitrogens is 3. The molecule has 8 nitrogen and oxygen atoms in total. The van der Waals surface area contributed by atoms with Gasteiger partial charge in [0.05, 0.1) is 41.9 Å². The molecular formula is C32H25F3N4O4. The van der Waals surface area contributed by atoms with Crippen LogP contribution in [0.1, 0.15) is 32.9 Å². The molecular weight excluding hydrogens is 561 g/mol. The Balaban J connectivity index is 1.39. The molecule has 5 rings (SSSR count). The van der Waals surface area contributed by atoms with Crippen molar-refractivity contribution in [2.75, 3.05) is 20.8 Å². The van der Waals surface area contributed by atoms with Gasteiger partial charge in [-0.1, -0.05) is 18.2 Å². The topological polar surface area (TPSA) is 99.3 Å². The molecule has 0 atom stereocenters. The smallest absolute Gasteiger partial charge is 0.337 e. The zero-order valence-corrected chi connectivity index (χ0v) is 23.2. The highest BCUT2D eigenvalue weighted by Gasteiger charge is 2.18. The number of hydrogen-bond acceptors (Lipinski definition) is 7. The van der Waals surface area contributed by atoms with Crippen LogP contribution in [0.2, 0.25) is 0 Å². The highest BCUT2D eigenvalue weighted by atomic mass is 19.1. The Bertz CT molecular complexity index is 1870. The summed E-state index contributed by atoms with van der Waals surface area (Å²) in [7, 11) is 2.87. The van der Waals surface area contributed by atoms with E-state index in [1.165, 1.54) is 37.4 Å². The van der Waals surface area contributed by atoms with Crippen molar-refractivity contribution >= 4 is 17.0 Å². The first kappa shape index (κ1) is 29.3. The molecule has 0 aliphatic heterocycles. The highest BCUT2D eigenvalue weighted by molar-refractivity contribution is 5.93. The summed E-state index contributed by atoms with van der Waals surface area (Å²) in [6.45, 7) is 0.582. The van der Waals surface area contributed by atoms with Crippen molar-refractivity contribution in [3.8, 4) is 23.2 Å². The largest absolute Gasteiger partial charge is 0.473 e. The summed E-state index contributed by atoms with van der Waals surface area (Å²) in [5.41, 5.74) is 2.40. The molecule has 43 heavy (non-hydrogen) atoms. The number of hydrogen-bond donors (Lipinski definition) is 0. The van der Waals surface area contributed by atoms with Gasteiger partial charge in [0.25, 0.3) is 0 Å². The van der Waals surface area contributed by atoms with E-state index in [-0.39, 0.29) is 41.3 Å². The van der Waals surface area contributed by atoms with Crippen molar-refractivity contribution in [2.45, 2.75) is 19.6 Å². The van der Waals surface area contributed by atoms with Crippen LogP contribution in [0.25, 0.3) is 22.3 Å². The minimum Gasteiger partial charge on any atom is -0.473 e. The fourth-order valence-corrected chi connectivity index (χ4v) is 4.59. The van der Waals surface area contributed by atoms with E-state index >= 15 is 4.39 Å². The lowest BCUT2D eigenvalue weighted by Crippen LogP contribution is -2.10. The van der Waals surface area contributed by atoms with Gasteiger partial charge in [-0.3, -0.25) is 0 Å². The molecule has 0 unspecified atom stereocenters. The lowest BCUT2D eigenvalue weighted by atomic mass is 10.0. The average Bonchev–Trinajstić information content (AvgIpc) is 3.36. The van der Waals surface area contributed by atoms with Crippen LogP contribution in [0, 0.1) is 28.8 Å². The quantitative estimate of drug-likeness (QED) is 0.185. The third-order valence-corrected chi connectivity index (χ3v) is 6.82. The van der Waals surface area contributed by atoms with Crippen molar-refractivity contribution in [1.82, 2.24) is 14.5 Å². The summed E-state index contributed by atoms with van der Waals surface area (Å²) in [6.07, 6.45) is 0.118. The number of benzene rings is 3. The van der Waals surface area contributed by atoms with E-state index in [2.05, 4.69) is 9.97 Å². The van der Waals surface area contributed by atoms with Crippen molar-refractivity contribution < 1.29 is 32.2 Å². The molecule has 0 spiro atoms. The Morgan fingerprint density at radius 3 is 2.42 bits per heavy atom. The predicted molar refractivity (Wildman–Crippen MR) is 151 cm³/mol. The maximum Gasteiger partial charge on any atom is 0.337 e. The molecule has 3 aromatic carbocycles. The van der Waals surface area contributed by atoms with E-state index in [1.54, 1.807) is 31.4 Å². The van der Waals surface area contributed by atoms with Crippen LogP contribution in [0.4, 0.5) is 13.2 Å². The third-order valence-electron chi connectivity index (χ3n) is 6.82. The lowest BCUT2D eigenvalue weighted by molar-refractivity contribution is 0.0601. The Labute approximate surface area is 244 Å². The molecule has 2 heterocycles. The second-order valence-corrected chi connectivity index (χ2v) is 9.54. The molecule has 0 N–H and O–H groups in total. The third kappa shape index (κ3) is 6.34. The van der Waals surface area contributed by atoms with Gasteiger partial charge in [-0.2, -0.15) is 5.26 Å². The van der Waals surface area contributed by atoms with Gasteiger partial charge in [0.1, 0.15) is 35.6 Å². The van der Waals surface area contributed by atoms with Gasteiger partial charge < -0.3 is 18.8 Å². The molecule has 0 radical (unpaired) electrons. The average molecular weight is 587 g/mol. The molecule has 0 fully saturated rings.